The summed E-state index contributed by atoms with van der Waals surface area (Å²) >= 11 is 6.42. The Morgan fingerprint density at radius 2 is 1.67 bits per heavy atom. The molecule has 2 aromatic rings. The quantitative estimate of drug-likeness (QED) is 0.677. The van der Waals surface area contributed by atoms with E-state index in [2.05, 4.69) is 41.9 Å². The molecule has 0 aliphatic carbocycles. The summed E-state index contributed by atoms with van der Waals surface area (Å²) in [7, 11) is 0. The molecule has 0 aliphatic rings. The van der Waals surface area contributed by atoms with Crippen molar-refractivity contribution in [3.8, 4) is 5.75 Å². The minimum atomic E-state index is -4.69. The lowest BCUT2D eigenvalue weighted by molar-refractivity contribution is -0.274. The molecule has 0 aliphatic heterocycles. The molecule has 0 saturated carbocycles. The number of rotatable bonds is 4. The second-order valence-electron chi connectivity index (χ2n) is 4.17. The van der Waals surface area contributed by atoms with Gasteiger partial charge in [-0.15, -0.1) is 13.2 Å². The van der Waals surface area contributed by atoms with E-state index < -0.39 is 6.36 Å². The molecule has 2 rings (SSSR count). The van der Waals surface area contributed by atoms with Crippen molar-refractivity contribution in [2.24, 2.45) is 0 Å². The Balaban J connectivity index is 2.01. The average Bonchev–Trinajstić information content (AvgIpc) is 2.40. The van der Waals surface area contributed by atoms with E-state index in [-0.39, 0.29) is 10.2 Å². The van der Waals surface area contributed by atoms with Crippen molar-refractivity contribution in [2.75, 3.05) is 5.32 Å². The predicted octanol–water partition coefficient (Wildman–Crippen LogP) is 5.72. The molecule has 0 saturated heterocycles. The van der Waals surface area contributed by atoms with Crippen LogP contribution in [-0.2, 0) is 6.54 Å². The molecule has 0 radical (unpaired) electrons. The van der Waals surface area contributed by atoms with Crippen LogP contribution in [0.25, 0.3) is 0 Å². The Labute approximate surface area is 136 Å². The van der Waals surface area contributed by atoms with Gasteiger partial charge in [0.05, 0.1) is 4.47 Å². The molecular weight excluding hydrogens is 415 g/mol. The summed E-state index contributed by atoms with van der Waals surface area (Å²) in [4.78, 5) is 0. The molecule has 0 amide bonds. The Morgan fingerprint density at radius 3 is 2.24 bits per heavy atom. The molecule has 2 aromatic carbocycles. The Morgan fingerprint density at radius 1 is 1.00 bits per heavy atom. The number of hydrogen-bond acceptors (Lipinski definition) is 2. The van der Waals surface area contributed by atoms with Crippen LogP contribution in [0.3, 0.4) is 0 Å². The van der Waals surface area contributed by atoms with Crippen molar-refractivity contribution < 1.29 is 17.9 Å². The lowest BCUT2D eigenvalue weighted by atomic mass is 10.2. The van der Waals surface area contributed by atoms with E-state index in [9.17, 15) is 13.2 Å². The van der Waals surface area contributed by atoms with Gasteiger partial charge in [-0.3, -0.25) is 0 Å². The molecule has 112 valence electrons. The van der Waals surface area contributed by atoms with E-state index in [1.54, 1.807) is 12.1 Å². The lowest BCUT2D eigenvalue weighted by Gasteiger charge is -2.12. The summed E-state index contributed by atoms with van der Waals surface area (Å²) in [5.74, 6) is -0.255. The number of ether oxygens (including phenoxy) is 1. The highest BCUT2D eigenvalue weighted by molar-refractivity contribution is 9.10. The molecule has 1 N–H and O–H groups in total. The van der Waals surface area contributed by atoms with Crippen molar-refractivity contribution >= 4 is 37.5 Å². The van der Waals surface area contributed by atoms with Gasteiger partial charge in [0.1, 0.15) is 5.75 Å². The van der Waals surface area contributed by atoms with Crippen LogP contribution in [0.1, 0.15) is 5.56 Å². The zero-order valence-electron chi connectivity index (χ0n) is 10.5. The fourth-order valence-electron chi connectivity index (χ4n) is 1.63. The first kappa shape index (κ1) is 16.2. The highest BCUT2D eigenvalue weighted by atomic mass is 79.9. The summed E-state index contributed by atoms with van der Waals surface area (Å²) < 4.78 is 41.6. The van der Waals surface area contributed by atoms with E-state index in [0.717, 1.165) is 15.7 Å². The molecule has 0 spiro atoms. The van der Waals surface area contributed by atoms with Gasteiger partial charge in [0.15, 0.2) is 0 Å². The minimum absolute atomic E-state index is 0.255. The van der Waals surface area contributed by atoms with Crippen LogP contribution < -0.4 is 10.1 Å². The van der Waals surface area contributed by atoms with Crippen molar-refractivity contribution in [3.63, 3.8) is 0 Å². The third kappa shape index (κ3) is 5.24. The van der Waals surface area contributed by atoms with Crippen LogP contribution in [0.15, 0.2) is 51.4 Å². The van der Waals surface area contributed by atoms with E-state index >= 15 is 0 Å². The third-order valence-corrected chi connectivity index (χ3v) is 3.71. The Kier molecular flexibility index (Phi) is 5.16. The number of nitrogens with one attached hydrogen (secondary N) is 1. The molecule has 0 atom stereocenters. The number of hydrogen-bond donors (Lipinski definition) is 1. The van der Waals surface area contributed by atoms with Gasteiger partial charge in [-0.2, -0.15) is 0 Å². The van der Waals surface area contributed by atoms with Crippen LogP contribution in [-0.4, -0.2) is 6.36 Å². The molecular formula is C14H10Br2F3NO. The van der Waals surface area contributed by atoms with Crippen molar-refractivity contribution in [3.05, 3.63) is 57.0 Å². The first-order valence-corrected chi connectivity index (χ1v) is 7.46. The van der Waals surface area contributed by atoms with Gasteiger partial charge in [0.25, 0.3) is 0 Å². The van der Waals surface area contributed by atoms with Gasteiger partial charge >= 0.3 is 6.36 Å². The van der Waals surface area contributed by atoms with Gasteiger partial charge < -0.3 is 10.1 Å². The molecule has 0 unspecified atom stereocenters. The van der Waals surface area contributed by atoms with Crippen LogP contribution in [0, 0.1) is 0 Å². The predicted molar refractivity (Wildman–Crippen MR) is 82.3 cm³/mol. The van der Waals surface area contributed by atoms with Crippen LogP contribution in [0.2, 0.25) is 0 Å². The van der Waals surface area contributed by atoms with E-state index in [4.69, 9.17) is 0 Å². The van der Waals surface area contributed by atoms with Crippen molar-refractivity contribution in [1.82, 2.24) is 0 Å². The summed E-state index contributed by atoms with van der Waals surface area (Å²) in [6.07, 6.45) is -4.69. The van der Waals surface area contributed by atoms with Gasteiger partial charge in [-0.1, -0.05) is 22.0 Å². The zero-order chi connectivity index (χ0) is 15.5. The molecule has 0 bridgehead atoms. The highest BCUT2D eigenvalue weighted by Crippen LogP contribution is 2.31. The maximum Gasteiger partial charge on any atom is 0.573 e. The summed E-state index contributed by atoms with van der Waals surface area (Å²) in [6.45, 7) is 0.493. The standard InChI is InChI=1S/C14H10Br2F3NO/c15-10-2-4-11(5-3-10)20-8-9-1-6-13(12(16)7-9)21-14(17,18)19/h1-7,20H,8H2. The SMILES string of the molecule is FC(F)(F)Oc1ccc(CNc2ccc(Br)cc2)cc1Br. The topological polar surface area (TPSA) is 21.3 Å². The smallest absolute Gasteiger partial charge is 0.405 e. The van der Waals surface area contributed by atoms with E-state index in [1.807, 2.05) is 24.3 Å². The van der Waals surface area contributed by atoms with Gasteiger partial charge in [-0.05, 0) is 57.9 Å². The van der Waals surface area contributed by atoms with Crippen LogP contribution in [0.4, 0.5) is 18.9 Å². The number of alkyl halides is 3. The summed E-state index contributed by atoms with van der Waals surface area (Å²) in [5, 5.41) is 3.18. The molecule has 0 heterocycles. The van der Waals surface area contributed by atoms with Gasteiger partial charge in [0, 0.05) is 16.7 Å². The molecule has 0 aromatic heterocycles. The zero-order valence-corrected chi connectivity index (χ0v) is 13.7. The summed E-state index contributed by atoms with van der Waals surface area (Å²) in [6, 6.07) is 12.1. The molecule has 21 heavy (non-hydrogen) atoms. The molecule has 7 heteroatoms. The largest absolute Gasteiger partial charge is 0.573 e. The second-order valence-corrected chi connectivity index (χ2v) is 5.94. The van der Waals surface area contributed by atoms with Crippen molar-refractivity contribution in [1.29, 1.82) is 0 Å². The minimum Gasteiger partial charge on any atom is -0.405 e. The van der Waals surface area contributed by atoms with Crippen molar-refractivity contribution in [2.45, 2.75) is 12.9 Å². The first-order chi connectivity index (χ1) is 9.83. The average molecular weight is 425 g/mol. The fourth-order valence-corrected chi connectivity index (χ4v) is 2.41. The van der Waals surface area contributed by atoms with Crippen LogP contribution in [0.5, 0.6) is 5.75 Å². The van der Waals surface area contributed by atoms with E-state index in [0.29, 0.717) is 6.54 Å². The molecule has 2 nitrogen and oxygen atoms in total. The first-order valence-electron chi connectivity index (χ1n) is 5.87. The van der Waals surface area contributed by atoms with E-state index in [1.165, 1.54) is 6.07 Å². The molecule has 0 fully saturated rings. The third-order valence-electron chi connectivity index (χ3n) is 2.56. The Bertz CT molecular complexity index is 615. The van der Waals surface area contributed by atoms with Gasteiger partial charge in [-0.25, -0.2) is 0 Å². The normalized spacial score (nSPS) is 11.3. The lowest BCUT2D eigenvalue weighted by Crippen LogP contribution is -2.17. The second kappa shape index (κ2) is 6.70. The maximum atomic E-state index is 12.2. The van der Waals surface area contributed by atoms with Gasteiger partial charge in [0.2, 0.25) is 0 Å². The highest BCUT2D eigenvalue weighted by Gasteiger charge is 2.31. The summed E-state index contributed by atoms with van der Waals surface area (Å²) in [5.41, 5.74) is 1.75. The monoisotopic (exact) mass is 423 g/mol. The maximum absolute atomic E-state index is 12.2. The number of halogens is 5. The fraction of sp³-hybridized carbons (Fsp3) is 0.143. The number of benzene rings is 2. The Hall–Kier alpha value is -1.21. The number of anilines is 1. The van der Waals surface area contributed by atoms with Crippen LogP contribution >= 0.6 is 31.9 Å².